The van der Waals surface area contributed by atoms with Crippen LogP contribution in [0.25, 0.3) is 22.5 Å². The molecule has 1 heterocycles. The Hall–Kier alpha value is -3.29. The van der Waals surface area contributed by atoms with Crippen molar-refractivity contribution in [3.63, 3.8) is 0 Å². The summed E-state index contributed by atoms with van der Waals surface area (Å²) in [6, 6.07) is 8.69. The predicted molar refractivity (Wildman–Crippen MR) is 107 cm³/mol. The maximum absolute atomic E-state index is 13.0. The molecule has 0 aliphatic carbocycles. The number of benzene rings is 2. The van der Waals surface area contributed by atoms with Crippen LogP contribution in [0.5, 0.6) is 17.2 Å². The Morgan fingerprint density at radius 1 is 0.700 bits per heavy atom. The second-order valence-electron chi connectivity index (χ2n) is 6.57. The Bertz CT molecular complexity index is 1080. The largest absolute Gasteiger partial charge is 0.497 e. The number of aromatic nitrogens is 2. The van der Waals surface area contributed by atoms with Crippen molar-refractivity contribution >= 4 is 0 Å². The van der Waals surface area contributed by atoms with Gasteiger partial charge >= 0.3 is 6.18 Å². The molecular formula is C22H21F3N2O3. The van der Waals surface area contributed by atoms with Gasteiger partial charge in [0, 0.05) is 17.2 Å². The zero-order valence-corrected chi connectivity index (χ0v) is 17.2. The molecule has 8 heteroatoms. The third-order valence-electron chi connectivity index (χ3n) is 4.69. The summed E-state index contributed by atoms with van der Waals surface area (Å²) < 4.78 is 55.0. The molecule has 0 unspecified atom stereocenters. The number of halogens is 3. The maximum atomic E-state index is 13.0. The van der Waals surface area contributed by atoms with Crippen molar-refractivity contribution in [1.29, 1.82) is 0 Å². The van der Waals surface area contributed by atoms with E-state index >= 15 is 0 Å². The second-order valence-corrected chi connectivity index (χ2v) is 6.57. The molecule has 0 spiro atoms. The molecule has 1 aromatic heterocycles. The van der Waals surface area contributed by atoms with Gasteiger partial charge in [-0.2, -0.15) is 13.2 Å². The number of hydrogen-bond donors (Lipinski definition) is 0. The first kappa shape index (κ1) is 21.4. The number of aryl methyl sites for hydroxylation is 2. The summed E-state index contributed by atoms with van der Waals surface area (Å²) in [4.78, 5) is 9.30. The van der Waals surface area contributed by atoms with Crippen molar-refractivity contribution in [2.24, 2.45) is 0 Å². The van der Waals surface area contributed by atoms with Crippen LogP contribution in [0.4, 0.5) is 13.2 Å². The van der Waals surface area contributed by atoms with Crippen molar-refractivity contribution in [3.8, 4) is 39.8 Å². The molecule has 30 heavy (non-hydrogen) atoms. The highest BCUT2D eigenvalue weighted by Gasteiger charge is 2.31. The normalized spacial score (nSPS) is 11.3. The zero-order valence-electron chi connectivity index (χ0n) is 17.2. The summed E-state index contributed by atoms with van der Waals surface area (Å²) in [6.45, 7) is 3.53. The van der Waals surface area contributed by atoms with Crippen LogP contribution in [0, 0.1) is 13.8 Å². The topological polar surface area (TPSA) is 53.5 Å². The monoisotopic (exact) mass is 418 g/mol. The van der Waals surface area contributed by atoms with Crippen LogP contribution in [-0.4, -0.2) is 31.3 Å². The van der Waals surface area contributed by atoms with Crippen LogP contribution in [0.1, 0.15) is 17.0 Å². The Balaban J connectivity index is 2.13. The Morgan fingerprint density at radius 3 is 1.67 bits per heavy atom. The number of ether oxygens (including phenoxy) is 3. The van der Waals surface area contributed by atoms with Gasteiger partial charge in [0.25, 0.3) is 0 Å². The van der Waals surface area contributed by atoms with Gasteiger partial charge in [0.2, 0.25) is 0 Å². The van der Waals surface area contributed by atoms with Gasteiger partial charge in [0.1, 0.15) is 17.2 Å². The molecule has 0 atom stereocenters. The summed E-state index contributed by atoms with van der Waals surface area (Å²) in [7, 11) is 4.44. The standard InChI is InChI=1S/C22H21F3N2O3/c1-12-20(16-8-6-14(22(23,24)25)10-18(16)29-4)26-13(2)21(27-12)17-9-7-15(28-3)11-19(17)30-5/h6-11H,1-5H3. The molecule has 3 rings (SSSR count). The van der Waals surface area contributed by atoms with E-state index in [-0.39, 0.29) is 5.75 Å². The van der Waals surface area contributed by atoms with Gasteiger partial charge in [-0.05, 0) is 44.2 Å². The average Bonchev–Trinajstić information content (AvgIpc) is 2.73. The van der Waals surface area contributed by atoms with Crippen LogP contribution in [0.3, 0.4) is 0 Å². The highest BCUT2D eigenvalue weighted by molar-refractivity contribution is 5.75. The summed E-state index contributed by atoms with van der Waals surface area (Å²) in [5, 5.41) is 0. The lowest BCUT2D eigenvalue weighted by Crippen LogP contribution is -2.06. The van der Waals surface area contributed by atoms with E-state index in [1.54, 1.807) is 40.2 Å². The third-order valence-corrected chi connectivity index (χ3v) is 4.69. The fraction of sp³-hybridized carbons (Fsp3) is 0.273. The van der Waals surface area contributed by atoms with E-state index in [0.29, 0.717) is 39.8 Å². The number of methoxy groups -OCH3 is 3. The van der Waals surface area contributed by atoms with Gasteiger partial charge in [0.05, 0.1) is 49.7 Å². The highest BCUT2D eigenvalue weighted by Crippen LogP contribution is 2.39. The maximum Gasteiger partial charge on any atom is 0.416 e. The number of hydrogen-bond acceptors (Lipinski definition) is 5. The van der Waals surface area contributed by atoms with E-state index in [4.69, 9.17) is 14.2 Å². The Morgan fingerprint density at radius 2 is 1.20 bits per heavy atom. The molecule has 0 N–H and O–H groups in total. The average molecular weight is 418 g/mol. The van der Waals surface area contributed by atoms with Crippen LogP contribution >= 0.6 is 0 Å². The van der Waals surface area contributed by atoms with Crippen molar-refractivity contribution in [1.82, 2.24) is 9.97 Å². The van der Waals surface area contributed by atoms with Crippen molar-refractivity contribution < 1.29 is 27.4 Å². The summed E-state index contributed by atoms with van der Waals surface area (Å²) in [6.07, 6.45) is -4.46. The summed E-state index contributed by atoms with van der Waals surface area (Å²) in [5.74, 6) is 1.30. The first-order valence-corrected chi connectivity index (χ1v) is 9.02. The van der Waals surface area contributed by atoms with Crippen molar-refractivity contribution in [2.45, 2.75) is 20.0 Å². The first-order chi connectivity index (χ1) is 14.2. The van der Waals surface area contributed by atoms with Gasteiger partial charge in [-0.1, -0.05) is 0 Å². The van der Waals surface area contributed by atoms with E-state index < -0.39 is 11.7 Å². The molecule has 158 valence electrons. The summed E-state index contributed by atoms with van der Waals surface area (Å²) in [5.41, 5.74) is 2.60. The minimum atomic E-state index is -4.46. The van der Waals surface area contributed by atoms with Crippen LogP contribution < -0.4 is 14.2 Å². The van der Waals surface area contributed by atoms with E-state index in [9.17, 15) is 13.2 Å². The lowest BCUT2D eigenvalue weighted by atomic mass is 10.0. The van der Waals surface area contributed by atoms with Crippen molar-refractivity contribution in [2.75, 3.05) is 21.3 Å². The van der Waals surface area contributed by atoms with Crippen LogP contribution in [0.2, 0.25) is 0 Å². The molecule has 0 radical (unpaired) electrons. The van der Waals surface area contributed by atoms with Crippen LogP contribution in [-0.2, 0) is 6.18 Å². The van der Waals surface area contributed by atoms with Gasteiger partial charge in [-0.25, -0.2) is 9.97 Å². The van der Waals surface area contributed by atoms with Gasteiger partial charge < -0.3 is 14.2 Å². The fourth-order valence-electron chi connectivity index (χ4n) is 3.17. The number of alkyl halides is 3. The lowest BCUT2D eigenvalue weighted by molar-refractivity contribution is -0.137. The molecule has 0 saturated heterocycles. The minimum Gasteiger partial charge on any atom is -0.497 e. The molecule has 3 aromatic rings. The second kappa shape index (κ2) is 8.22. The van der Waals surface area contributed by atoms with E-state index in [2.05, 4.69) is 9.97 Å². The third kappa shape index (κ3) is 4.03. The zero-order chi connectivity index (χ0) is 22.1. The highest BCUT2D eigenvalue weighted by atomic mass is 19.4. The summed E-state index contributed by atoms with van der Waals surface area (Å²) >= 11 is 0. The lowest BCUT2D eigenvalue weighted by Gasteiger charge is -2.16. The van der Waals surface area contributed by atoms with Crippen molar-refractivity contribution in [3.05, 3.63) is 53.3 Å². The smallest absolute Gasteiger partial charge is 0.416 e. The molecule has 0 fully saturated rings. The van der Waals surface area contributed by atoms with E-state index in [0.717, 1.165) is 17.7 Å². The SMILES string of the molecule is COc1ccc(-c2nc(C)c(-c3ccc(C(F)(F)F)cc3OC)nc2C)c(OC)c1. The van der Waals surface area contributed by atoms with Gasteiger partial charge in [-0.15, -0.1) is 0 Å². The molecule has 0 bridgehead atoms. The molecule has 0 aliphatic heterocycles. The first-order valence-electron chi connectivity index (χ1n) is 9.02. The molecule has 5 nitrogen and oxygen atoms in total. The molecular weight excluding hydrogens is 397 g/mol. The Labute approximate surface area is 172 Å². The van der Waals surface area contributed by atoms with Gasteiger partial charge in [-0.3, -0.25) is 0 Å². The molecule has 2 aromatic carbocycles. The molecule has 0 saturated carbocycles. The predicted octanol–water partition coefficient (Wildman–Crippen LogP) is 5.47. The number of nitrogens with zero attached hydrogens (tertiary/aromatic N) is 2. The fourth-order valence-corrected chi connectivity index (χ4v) is 3.17. The van der Waals surface area contributed by atoms with Crippen LogP contribution in [0.15, 0.2) is 36.4 Å². The van der Waals surface area contributed by atoms with Gasteiger partial charge in [0.15, 0.2) is 0 Å². The molecule has 0 amide bonds. The quantitative estimate of drug-likeness (QED) is 0.550. The molecule has 0 aliphatic rings. The number of rotatable bonds is 5. The minimum absolute atomic E-state index is 0.0800. The van der Waals surface area contributed by atoms with E-state index in [1.807, 2.05) is 6.07 Å². The Kier molecular flexibility index (Phi) is 5.87. The van der Waals surface area contributed by atoms with E-state index in [1.165, 1.54) is 13.2 Å².